The Balaban J connectivity index is 1.68. The second kappa shape index (κ2) is 5.75. The average Bonchev–Trinajstić information content (AvgIpc) is 3.04. The molecule has 7 nitrogen and oxygen atoms in total. The maximum absolute atomic E-state index is 12.1. The molecule has 3 atom stereocenters. The minimum absolute atomic E-state index is 0.0261. The fourth-order valence-electron chi connectivity index (χ4n) is 2.38. The second-order valence-electron chi connectivity index (χ2n) is 4.81. The lowest BCUT2D eigenvalue weighted by molar-refractivity contribution is -0.150. The normalized spacial score (nSPS) is 24.9. The van der Waals surface area contributed by atoms with E-state index in [9.17, 15) is 14.4 Å². The van der Waals surface area contributed by atoms with Gasteiger partial charge < -0.3 is 16.2 Å². The van der Waals surface area contributed by atoms with Crippen molar-refractivity contribution in [3.63, 3.8) is 0 Å². The topological polar surface area (TPSA) is 113 Å². The molecule has 0 saturated carbocycles. The predicted molar refractivity (Wildman–Crippen MR) is 82.0 cm³/mol. The number of carboxylic acids is 1. The first-order chi connectivity index (χ1) is 10.5. The number of hydrogen-bond donors (Lipinski definition) is 3. The molecule has 2 aliphatic rings. The third-order valence-corrected chi connectivity index (χ3v) is 5.63. The number of hydrogen-bond acceptors (Lipinski definition) is 6. The van der Waals surface area contributed by atoms with E-state index in [1.54, 1.807) is 12.1 Å². The summed E-state index contributed by atoms with van der Waals surface area (Å²) in [7, 11) is 0. The number of nitrogens with two attached hydrogens (primary N) is 1. The summed E-state index contributed by atoms with van der Waals surface area (Å²) in [5, 5.41) is 13.1. The van der Waals surface area contributed by atoms with Crippen molar-refractivity contribution in [3.8, 4) is 0 Å². The highest BCUT2D eigenvalue weighted by Crippen LogP contribution is 2.37. The maximum Gasteiger partial charge on any atom is 0.352 e. The van der Waals surface area contributed by atoms with Crippen LogP contribution in [0.1, 0.15) is 10.9 Å². The number of rotatable bonds is 4. The first-order valence-electron chi connectivity index (χ1n) is 6.48. The van der Waals surface area contributed by atoms with Crippen molar-refractivity contribution in [1.82, 2.24) is 10.2 Å². The lowest BCUT2D eigenvalue weighted by atomic mass is 10.0. The zero-order valence-corrected chi connectivity index (χ0v) is 12.9. The van der Waals surface area contributed by atoms with Gasteiger partial charge in [0.1, 0.15) is 23.2 Å². The van der Waals surface area contributed by atoms with E-state index in [1.165, 1.54) is 34.1 Å². The van der Waals surface area contributed by atoms with Crippen molar-refractivity contribution in [3.05, 3.63) is 34.2 Å². The van der Waals surface area contributed by atoms with E-state index >= 15 is 0 Å². The van der Waals surface area contributed by atoms with Crippen molar-refractivity contribution < 1.29 is 19.5 Å². The molecule has 9 heteroatoms. The number of carbonyl (C=O) groups is 3. The Bertz CT molecular complexity index is 658. The highest BCUT2D eigenvalue weighted by molar-refractivity contribution is 8.00. The molecule has 1 aromatic heterocycles. The van der Waals surface area contributed by atoms with E-state index in [-0.39, 0.29) is 11.1 Å². The number of carboxylic acid groups (broad SMARTS) is 1. The fourth-order valence-corrected chi connectivity index (χ4v) is 4.30. The van der Waals surface area contributed by atoms with E-state index in [4.69, 9.17) is 10.8 Å². The molecule has 22 heavy (non-hydrogen) atoms. The van der Waals surface area contributed by atoms with Crippen LogP contribution in [0, 0.1) is 0 Å². The summed E-state index contributed by atoms with van der Waals surface area (Å²) in [6.07, 6.45) is 1.50. The van der Waals surface area contributed by atoms with Crippen LogP contribution in [0.4, 0.5) is 0 Å². The Labute approximate surface area is 134 Å². The van der Waals surface area contributed by atoms with Crippen molar-refractivity contribution in [2.75, 3.05) is 5.75 Å². The largest absolute Gasteiger partial charge is 0.477 e. The van der Waals surface area contributed by atoms with Gasteiger partial charge in [-0.3, -0.25) is 14.5 Å². The zero-order chi connectivity index (χ0) is 15.9. The number of nitrogens with zero attached hydrogens (tertiary/aromatic N) is 1. The fraction of sp³-hybridized carbons (Fsp3) is 0.308. The number of thioether (sulfide) groups is 1. The molecule has 3 rings (SSSR count). The van der Waals surface area contributed by atoms with Crippen LogP contribution in [-0.2, 0) is 14.4 Å². The lowest BCUT2D eigenvalue weighted by Gasteiger charge is -2.48. The Kier molecular flexibility index (Phi) is 3.94. The number of aliphatic carboxylic acids is 1. The molecular formula is C13H13N3O4S2. The van der Waals surface area contributed by atoms with Gasteiger partial charge in [-0.05, 0) is 17.5 Å². The molecule has 0 bridgehead atoms. The number of amides is 2. The smallest absolute Gasteiger partial charge is 0.352 e. The summed E-state index contributed by atoms with van der Waals surface area (Å²) >= 11 is 2.78. The van der Waals surface area contributed by atoms with Crippen LogP contribution in [0.3, 0.4) is 0 Å². The van der Waals surface area contributed by atoms with Gasteiger partial charge >= 0.3 is 5.97 Å². The van der Waals surface area contributed by atoms with Crippen LogP contribution in [0.5, 0.6) is 0 Å². The standard InChI is InChI=1S/C13H13N3O4S2/c14-8(7-2-1-4-21-7)10(17)15-9-11(18)16-6(13(19)20)3-5-22-12(9)16/h1-4,8-9,12H,5,14H2,(H,15,17)(H,19,20)/t8?,9-,12-/m1/s1. The first kappa shape index (κ1) is 15.1. The summed E-state index contributed by atoms with van der Waals surface area (Å²) in [5.41, 5.74) is 5.83. The first-order valence-corrected chi connectivity index (χ1v) is 8.41. The molecule has 0 aliphatic carbocycles. The highest BCUT2D eigenvalue weighted by atomic mass is 32.2. The van der Waals surface area contributed by atoms with Crippen LogP contribution in [0.15, 0.2) is 29.3 Å². The molecule has 1 unspecified atom stereocenters. The second-order valence-corrected chi connectivity index (χ2v) is 6.93. The Hall–Kier alpha value is -1.84. The SMILES string of the molecule is NC(C(=O)N[C@@H]1C(=O)N2C(C(=O)O)=CCS[C@H]12)c1cccs1. The van der Waals surface area contributed by atoms with Crippen LogP contribution >= 0.6 is 23.1 Å². The van der Waals surface area contributed by atoms with E-state index < -0.39 is 29.9 Å². The molecule has 1 saturated heterocycles. The van der Waals surface area contributed by atoms with Crippen molar-refractivity contribution in [2.24, 2.45) is 5.73 Å². The molecule has 0 aromatic carbocycles. The van der Waals surface area contributed by atoms with Gasteiger partial charge in [0.05, 0.1) is 0 Å². The zero-order valence-electron chi connectivity index (χ0n) is 11.3. The monoisotopic (exact) mass is 339 g/mol. The van der Waals surface area contributed by atoms with Crippen LogP contribution in [0.25, 0.3) is 0 Å². The molecule has 0 radical (unpaired) electrons. The minimum atomic E-state index is -1.14. The van der Waals surface area contributed by atoms with Crippen LogP contribution in [0.2, 0.25) is 0 Å². The molecule has 1 fully saturated rings. The number of nitrogens with one attached hydrogen (secondary N) is 1. The quantitative estimate of drug-likeness (QED) is 0.672. The summed E-state index contributed by atoms with van der Waals surface area (Å²) in [6.45, 7) is 0. The van der Waals surface area contributed by atoms with Gasteiger partial charge in [-0.2, -0.15) is 0 Å². The summed E-state index contributed by atoms with van der Waals surface area (Å²) < 4.78 is 0. The molecule has 0 spiro atoms. The van der Waals surface area contributed by atoms with Crippen LogP contribution < -0.4 is 11.1 Å². The van der Waals surface area contributed by atoms with Gasteiger partial charge in [0, 0.05) is 10.6 Å². The molecule has 3 heterocycles. The third kappa shape index (κ3) is 2.40. The Morgan fingerprint density at radius 3 is 2.91 bits per heavy atom. The van der Waals surface area contributed by atoms with Crippen molar-refractivity contribution >= 4 is 40.9 Å². The summed E-state index contributed by atoms with van der Waals surface area (Å²) in [6, 6.07) is 1.99. The van der Waals surface area contributed by atoms with E-state index in [0.717, 1.165) is 0 Å². The van der Waals surface area contributed by atoms with Gasteiger partial charge in [0.2, 0.25) is 5.91 Å². The molecule has 2 aliphatic heterocycles. The molecule has 116 valence electrons. The maximum atomic E-state index is 12.1. The molecule has 2 amide bonds. The molecule has 1 aromatic rings. The lowest BCUT2D eigenvalue weighted by Crippen LogP contribution is -2.70. The van der Waals surface area contributed by atoms with Gasteiger partial charge in [0.25, 0.3) is 5.91 Å². The minimum Gasteiger partial charge on any atom is -0.477 e. The molecule has 4 N–H and O–H groups in total. The van der Waals surface area contributed by atoms with Crippen molar-refractivity contribution in [2.45, 2.75) is 17.5 Å². The van der Waals surface area contributed by atoms with Crippen LogP contribution in [-0.4, -0.2) is 45.0 Å². The number of carbonyl (C=O) groups excluding carboxylic acids is 2. The van der Waals surface area contributed by atoms with E-state index in [0.29, 0.717) is 10.6 Å². The number of thiophene rings is 1. The van der Waals surface area contributed by atoms with Gasteiger partial charge in [0.15, 0.2) is 0 Å². The third-order valence-electron chi connectivity index (χ3n) is 3.50. The predicted octanol–water partition coefficient (Wildman–Crippen LogP) is 0.116. The Morgan fingerprint density at radius 2 is 2.27 bits per heavy atom. The van der Waals surface area contributed by atoms with E-state index in [1.807, 2.05) is 5.38 Å². The highest BCUT2D eigenvalue weighted by Gasteiger charge is 2.52. The number of β-lactam (4-membered cyclic amide) rings is 1. The summed E-state index contributed by atoms with van der Waals surface area (Å²) in [4.78, 5) is 37.3. The molecular weight excluding hydrogens is 326 g/mol. The van der Waals surface area contributed by atoms with Crippen molar-refractivity contribution in [1.29, 1.82) is 0 Å². The van der Waals surface area contributed by atoms with Gasteiger partial charge in [-0.15, -0.1) is 23.1 Å². The number of fused-ring (bicyclic) bond motifs is 1. The van der Waals surface area contributed by atoms with E-state index in [2.05, 4.69) is 5.32 Å². The summed E-state index contributed by atoms with van der Waals surface area (Å²) in [5.74, 6) is -1.51. The van der Waals surface area contributed by atoms with Gasteiger partial charge in [-0.25, -0.2) is 4.79 Å². The van der Waals surface area contributed by atoms with Gasteiger partial charge in [-0.1, -0.05) is 6.07 Å². The average molecular weight is 339 g/mol. The Morgan fingerprint density at radius 1 is 1.50 bits per heavy atom.